The molecule has 1 heterocycles. The van der Waals surface area contributed by atoms with E-state index in [-0.39, 0.29) is 18.3 Å². The van der Waals surface area contributed by atoms with Crippen LogP contribution < -0.4 is 14.4 Å². The van der Waals surface area contributed by atoms with Crippen molar-refractivity contribution in [3.05, 3.63) is 78.7 Å². The molecule has 0 unspecified atom stereocenters. The number of benzene rings is 2. The van der Waals surface area contributed by atoms with Crippen LogP contribution in [0, 0.1) is 5.82 Å². The van der Waals surface area contributed by atoms with Crippen LogP contribution in [0.2, 0.25) is 0 Å². The Kier molecular flexibility index (Phi) is 5.99. The zero-order valence-electron chi connectivity index (χ0n) is 14.8. The monoisotopic (exact) mass is 366 g/mol. The number of halogens is 1. The molecule has 2 aromatic carbocycles. The number of likely N-dealkylation sites (N-methyl/N-ethyl adjacent to an activating group) is 1. The molecule has 3 aromatic rings. The van der Waals surface area contributed by atoms with E-state index in [1.807, 2.05) is 19.1 Å². The molecule has 0 N–H and O–H groups in total. The number of aromatic nitrogens is 1. The van der Waals surface area contributed by atoms with Gasteiger partial charge in [0.15, 0.2) is 6.61 Å². The van der Waals surface area contributed by atoms with E-state index in [9.17, 15) is 9.18 Å². The van der Waals surface area contributed by atoms with Crippen molar-refractivity contribution in [3.63, 3.8) is 0 Å². The van der Waals surface area contributed by atoms with Gasteiger partial charge in [0.05, 0.1) is 0 Å². The molecule has 3 rings (SSSR count). The van der Waals surface area contributed by atoms with Crippen LogP contribution in [0.3, 0.4) is 0 Å². The van der Waals surface area contributed by atoms with E-state index in [2.05, 4.69) is 4.98 Å². The first-order chi connectivity index (χ1) is 13.2. The first-order valence-corrected chi connectivity index (χ1v) is 8.53. The van der Waals surface area contributed by atoms with Gasteiger partial charge in [0.2, 0.25) is 5.88 Å². The van der Waals surface area contributed by atoms with Gasteiger partial charge < -0.3 is 14.4 Å². The smallest absolute Gasteiger partial charge is 0.264 e. The van der Waals surface area contributed by atoms with E-state index in [1.54, 1.807) is 48.7 Å². The third kappa shape index (κ3) is 5.04. The molecule has 27 heavy (non-hydrogen) atoms. The lowest BCUT2D eigenvalue weighted by atomic mass is 10.2. The highest BCUT2D eigenvalue weighted by Gasteiger charge is 2.14. The lowest BCUT2D eigenvalue weighted by Crippen LogP contribution is -2.34. The Balaban J connectivity index is 1.57. The average molecular weight is 366 g/mol. The molecule has 1 aromatic heterocycles. The normalized spacial score (nSPS) is 10.3. The number of ether oxygens (including phenoxy) is 2. The van der Waals surface area contributed by atoms with Crippen LogP contribution in [-0.4, -0.2) is 24.0 Å². The maximum atomic E-state index is 13.1. The molecule has 0 radical (unpaired) electrons. The Hall–Kier alpha value is -3.41. The molecule has 0 saturated carbocycles. The molecule has 0 spiro atoms. The Morgan fingerprint density at radius 1 is 1.00 bits per heavy atom. The quantitative estimate of drug-likeness (QED) is 0.620. The summed E-state index contributed by atoms with van der Waals surface area (Å²) in [6.45, 7) is 2.20. The van der Waals surface area contributed by atoms with E-state index in [0.29, 0.717) is 29.6 Å². The fraction of sp³-hybridized carbons (Fsp3) is 0.143. The van der Waals surface area contributed by atoms with Gasteiger partial charge in [0.1, 0.15) is 17.3 Å². The van der Waals surface area contributed by atoms with Gasteiger partial charge in [-0.3, -0.25) is 4.79 Å². The van der Waals surface area contributed by atoms with Crippen molar-refractivity contribution < 1.29 is 18.7 Å². The predicted molar refractivity (Wildman–Crippen MR) is 101 cm³/mol. The Morgan fingerprint density at radius 3 is 2.33 bits per heavy atom. The Bertz CT molecular complexity index is 868. The molecule has 6 heteroatoms. The van der Waals surface area contributed by atoms with Crippen molar-refractivity contribution in [2.24, 2.45) is 0 Å². The molecule has 0 aliphatic rings. The Morgan fingerprint density at radius 2 is 1.70 bits per heavy atom. The van der Waals surface area contributed by atoms with Gasteiger partial charge in [-0.1, -0.05) is 6.07 Å². The highest BCUT2D eigenvalue weighted by molar-refractivity contribution is 5.94. The van der Waals surface area contributed by atoms with E-state index in [1.165, 1.54) is 17.0 Å². The van der Waals surface area contributed by atoms with E-state index < -0.39 is 0 Å². The van der Waals surface area contributed by atoms with E-state index >= 15 is 0 Å². The second-order valence-corrected chi connectivity index (χ2v) is 5.64. The number of nitrogens with zero attached hydrogens (tertiary/aromatic N) is 2. The molecule has 0 bridgehead atoms. The number of pyridine rings is 1. The molecule has 0 fully saturated rings. The van der Waals surface area contributed by atoms with Crippen molar-refractivity contribution in [1.29, 1.82) is 0 Å². The summed E-state index contributed by atoms with van der Waals surface area (Å²) in [5, 5.41) is 0. The number of rotatable bonds is 7. The van der Waals surface area contributed by atoms with Gasteiger partial charge in [-0.25, -0.2) is 9.37 Å². The number of anilines is 1. The summed E-state index contributed by atoms with van der Waals surface area (Å²) in [7, 11) is 0. The molecule has 5 nitrogen and oxygen atoms in total. The van der Waals surface area contributed by atoms with E-state index in [4.69, 9.17) is 9.47 Å². The average Bonchev–Trinajstić information content (AvgIpc) is 2.70. The first kappa shape index (κ1) is 18.4. The minimum Gasteiger partial charge on any atom is -0.484 e. The maximum absolute atomic E-state index is 13.1. The second-order valence-electron chi connectivity index (χ2n) is 5.64. The maximum Gasteiger partial charge on any atom is 0.264 e. The van der Waals surface area contributed by atoms with Crippen LogP contribution >= 0.6 is 0 Å². The van der Waals surface area contributed by atoms with Crippen LogP contribution in [0.15, 0.2) is 72.9 Å². The molecular formula is C21H19FN2O3. The first-order valence-electron chi connectivity index (χ1n) is 8.53. The highest BCUT2D eigenvalue weighted by Crippen LogP contribution is 2.22. The third-order valence-electron chi connectivity index (χ3n) is 3.80. The van der Waals surface area contributed by atoms with Crippen molar-refractivity contribution >= 4 is 11.6 Å². The fourth-order valence-electron chi connectivity index (χ4n) is 2.48. The standard InChI is InChI=1S/C21H19FN2O3/c1-2-24(17-8-6-16(22)7-9-17)21(25)15-26-18-10-12-19(13-11-18)27-20-5-3-4-14-23-20/h3-14H,2,15H2,1H3. The largest absolute Gasteiger partial charge is 0.484 e. The van der Waals surface area contributed by atoms with Crippen LogP contribution in [-0.2, 0) is 4.79 Å². The lowest BCUT2D eigenvalue weighted by Gasteiger charge is -2.21. The molecule has 0 saturated heterocycles. The van der Waals surface area contributed by atoms with Crippen LogP contribution in [0.4, 0.5) is 10.1 Å². The van der Waals surface area contributed by atoms with Gasteiger partial charge in [-0.2, -0.15) is 0 Å². The number of hydrogen-bond donors (Lipinski definition) is 0. The molecule has 0 aliphatic carbocycles. The SMILES string of the molecule is CCN(C(=O)COc1ccc(Oc2ccccn2)cc1)c1ccc(F)cc1. The van der Waals surface area contributed by atoms with E-state index in [0.717, 1.165) is 0 Å². The number of carbonyl (C=O) groups excluding carboxylic acids is 1. The molecule has 138 valence electrons. The minimum absolute atomic E-state index is 0.119. The predicted octanol–water partition coefficient (Wildman–Crippen LogP) is 4.44. The number of amides is 1. The summed E-state index contributed by atoms with van der Waals surface area (Å²) in [5.74, 6) is 1.12. The van der Waals surface area contributed by atoms with Crippen molar-refractivity contribution in [3.8, 4) is 17.4 Å². The second kappa shape index (κ2) is 8.80. The summed E-state index contributed by atoms with van der Waals surface area (Å²) in [6.07, 6.45) is 1.65. The zero-order valence-corrected chi connectivity index (χ0v) is 14.8. The van der Waals surface area contributed by atoms with Gasteiger partial charge in [-0.05, 0) is 61.5 Å². The lowest BCUT2D eigenvalue weighted by molar-refractivity contribution is -0.120. The molecule has 0 atom stereocenters. The van der Waals surface area contributed by atoms with Gasteiger partial charge in [0.25, 0.3) is 5.91 Å². The molecule has 1 amide bonds. The zero-order chi connectivity index (χ0) is 19.1. The fourth-order valence-corrected chi connectivity index (χ4v) is 2.48. The number of hydrogen-bond acceptors (Lipinski definition) is 4. The summed E-state index contributed by atoms with van der Waals surface area (Å²) < 4.78 is 24.2. The van der Waals surface area contributed by atoms with Gasteiger partial charge in [0, 0.05) is 24.5 Å². The molecular weight excluding hydrogens is 347 g/mol. The van der Waals surface area contributed by atoms with Crippen LogP contribution in [0.5, 0.6) is 17.4 Å². The minimum atomic E-state index is -0.341. The topological polar surface area (TPSA) is 51.7 Å². The van der Waals surface area contributed by atoms with Gasteiger partial charge >= 0.3 is 0 Å². The third-order valence-corrected chi connectivity index (χ3v) is 3.80. The summed E-state index contributed by atoms with van der Waals surface area (Å²) in [6, 6.07) is 18.1. The Labute approximate surface area is 157 Å². The van der Waals surface area contributed by atoms with Crippen molar-refractivity contribution in [2.75, 3.05) is 18.1 Å². The summed E-state index contributed by atoms with van der Waals surface area (Å²) in [4.78, 5) is 18.0. The summed E-state index contributed by atoms with van der Waals surface area (Å²) >= 11 is 0. The molecule has 0 aliphatic heterocycles. The van der Waals surface area contributed by atoms with Crippen molar-refractivity contribution in [2.45, 2.75) is 6.92 Å². The van der Waals surface area contributed by atoms with Gasteiger partial charge in [-0.15, -0.1) is 0 Å². The van der Waals surface area contributed by atoms with Crippen LogP contribution in [0.1, 0.15) is 6.92 Å². The number of carbonyl (C=O) groups is 1. The highest BCUT2D eigenvalue weighted by atomic mass is 19.1. The van der Waals surface area contributed by atoms with Crippen molar-refractivity contribution in [1.82, 2.24) is 4.98 Å². The van der Waals surface area contributed by atoms with Crippen LogP contribution in [0.25, 0.3) is 0 Å². The summed E-state index contributed by atoms with van der Waals surface area (Å²) in [5.41, 5.74) is 0.631.